The number of carbonyl (C=O) groups is 1. The summed E-state index contributed by atoms with van der Waals surface area (Å²) in [6.07, 6.45) is 0.903. The highest BCUT2D eigenvalue weighted by molar-refractivity contribution is 5.80. The van der Waals surface area contributed by atoms with Crippen LogP contribution in [0.15, 0.2) is 54.6 Å². The fourth-order valence-corrected chi connectivity index (χ4v) is 2.92. The van der Waals surface area contributed by atoms with E-state index < -0.39 is 11.4 Å². The molecule has 0 amide bonds. The van der Waals surface area contributed by atoms with Crippen molar-refractivity contribution in [1.29, 1.82) is 0 Å². The molecule has 0 bridgehead atoms. The van der Waals surface area contributed by atoms with Crippen LogP contribution >= 0.6 is 0 Å². The van der Waals surface area contributed by atoms with E-state index in [2.05, 4.69) is 0 Å². The number of carboxylic acid groups (broad SMARTS) is 1. The molecular formula is C20H20O5. The molecule has 1 saturated carbocycles. The molecule has 2 aromatic rings. The normalized spacial score (nSPS) is 20.8. The third kappa shape index (κ3) is 4.63. The second-order valence-corrected chi connectivity index (χ2v) is 6.19. The van der Waals surface area contributed by atoms with Crippen LogP contribution < -0.4 is 0 Å². The van der Waals surface area contributed by atoms with Gasteiger partial charge in [-0.25, -0.2) is 0 Å². The lowest BCUT2D eigenvalue weighted by Crippen LogP contribution is -2.23. The van der Waals surface area contributed by atoms with Crippen LogP contribution in [-0.4, -0.2) is 23.8 Å². The van der Waals surface area contributed by atoms with Crippen LogP contribution in [0.3, 0.4) is 0 Å². The number of aryl methyl sites for hydroxylation is 1. The predicted octanol–water partition coefficient (Wildman–Crippen LogP) is 3.19. The first-order valence-electron chi connectivity index (χ1n) is 7.94. The van der Waals surface area contributed by atoms with Crippen molar-refractivity contribution in [2.45, 2.75) is 25.9 Å². The maximum absolute atomic E-state index is 11.7. The first-order valence-corrected chi connectivity index (χ1v) is 7.94. The van der Waals surface area contributed by atoms with E-state index in [1.165, 1.54) is 5.56 Å². The molecule has 1 aliphatic rings. The fraction of sp³-hybridized carbons (Fsp3) is 0.300. The molecule has 2 atom stereocenters. The summed E-state index contributed by atoms with van der Waals surface area (Å²) in [7, 11) is 0. The van der Waals surface area contributed by atoms with Crippen LogP contribution in [0.25, 0.3) is 0 Å². The minimum Gasteiger partial charge on any atom is -0.481 e. The topological polar surface area (TPSA) is 80.7 Å². The highest BCUT2D eigenvalue weighted by atomic mass is 16.5. The molecule has 25 heavy (non-hydrogen) atoms. The minimum atomic E-state index is -0.760. The summed E-state index contributed by atoms with van der Waals surface area (Å²) >= 11 is 0. The summed E-state index contributed by atoms with van der Waals surface area (Å²) in [4.78, 5) is 27.9. The molecule has 0 heterocycles. The van der Waals surface area contributed by atoms with E-state index in [1.54, 1.807) is 0 Å². The summed E-state index contributed by atoms with van der Waals surface area (Å²) in [5.41, 5.74) is 2.59. The second-order valence-electron chi connectivity index (χ2n) is 6.19. The summed E-state index contributed by atoms with van der Waals surface area (Å²) in [6, 6.07) is 18.0. The Morgan fingerprint density at radius 3 is 2.32 bits per heavy atom. The summed E-state index contributed by atoms with van der Waals surface area (Å²) in [5, 5.41) is 9.61. The lowest BCUT2D eigenvalue weighted by Gasteiger charge is -2.13. The van der Waals surface area contributed by atoms with Gasteiger partial charge in [0.25, 0.3) is 0 Å². The van der Waals surface area contributed by atoms with Crippen molar-refractivity contribution in [3.63, 3.8) is 0 Å². The van der Waals surface area contributed by atoms with Gasteiger partial charge < -0.3 is 9.84 Å². The smallest absolute Gasteiger partial charge is 0.373 e. The van der Waals surface area contributed by atoms with E-state index in [9.17, 15) is 9.90 Å². The molecule has 0 aliphatic heterocycles. The van der Waals surface area contributed by atoms with Gasteiger partial charge >= 0.3 is 12.1 Å². The maximum atomic E-state index is 11.7. The van der Waals surface area contributed by atoms with Gasteiger partial charge in [-0.15, -0.1) is 0 Å². The third-order valence-corrected chi connectivity index (χ3v) is 4.45. The van der Waals surface area contributed by atoms with Crippen molar-refractivity contribution in [2.75, 3.05) is 6.61 Å². The number of ether oxygens (including phenoxy) is 1. The van der Waals surface area contributed by atoms with Crippen LogP contribution in [0.4, 0.5) is 0 Å². The number of hydrogen-bond donors (Lipinski definition) is 1. The molecular weight excluding hydrogens is 320 g/mol. The molecule has 1 fully saturated rings. The van der Waals surface area contributed by atoms with Gasteiger partial charge in [0.05, 0.1) is 18.6 Å². The average Bonchev–Trinajstić information content (AvgIpc) is 3.33. The standard InChI is InChI=1S/C19H20O3.CO2/c1-14-7-9-16(10-8-14)17-11-19(17,18(20)21)13-22-12-15-5-3-2-4-6-15;2-1-3/h2-10,17H,11-13H2,1H3,(H,20,21);/t17-,19+;/m1./s1. The zero-order valence-corrected chi connectivity index (χ0v) is 14.0. The van der Waals surface area contributed by atoms with Gasteiger partial charge in [-0.2, -0.15) is 9.59 Å². The molecule has 1 aliphatic carbocycles. The molecule has 5 heteroatoms. The summed E-state index contributed by atoms with van der Waals surface area (Å²) < 4.78 is 5.70. The number of aliphatic carboxylic acids is 1. The molecule has 0 saturated heterocycles. The Hall–Kier alpha value is -2.75. The molecule has 5 nitrogen and oxygen atoms in total. The van der Waals surface area contributed by atoms with Crippen LogP contribution in [0.2, 0.25) is 0 Å². The zero-order chi connectivity index (χ0) is 18.3. The van der Waals surface area contributed by atoms with Crippen molar-refractivity contribution in [1.82, 2.24) is 0 Å². The number of carboxylic acids is 1. The Morgan fingerprint density at radius 1 is 1.16 bits per heavy atom. The van der Waals surface area contributed by atoms with E-state index in [1.807, 2.05) is 61.5 Å². The van der Waals surface area contributed by atoms with Crippen LogP contribution in [-0.2, 0) is 25.7 Å². The van der Waals surface area contributed by atoms with E-state index in [0.717, 1.165) is 11.1 Å². The van der Waals surface area contributed by atoms with Gasteiger partial charge in [0.15, 0.2) is 0 Å². The minimum absolute atomic E-state index is 0.0568. The molecule has 3 rings (SSSR count). The summed E-state index contributed by atoms with van der Waals surface area (Å²) in [6.45, 7) is 2.75. The summed E-state index contributed by atoms with van der Waals surface area (Å²) in [5.74, 6) is -0.701. The maximum Gasteiger partial charge on any atom is 0.373 e. The number of benzene rings is 2. The van der Waals surface area contributed by atoms with Crippen LogP contribution in [0, 0.1) is 12.3 Å². The van der Waals surface area contributed by atoms with Crippen molar-refractivity contribution >= 4 is 12.1 Å². The molecule has 2 aromatic carbocycles. The van der Waals surface area contributed by atoms with Gasteiger partial charge in [0.1, 0.15) is 0 Å². The lowest BCUT2D eigenvalue weighted by molar-refractivity contribution is -0.191. The van der Waals surface area contributed by atoms with Crippen molar-refractivity contribution in [3.05, 3.63) is 71.3 Å². The van der Waals surface area contributed by atoms with Crippen molar-refractivity contribution in [2.24, 2.45) is 5.41 Å². The highest BCUT2D eigenvalue weighted by Crippen LogP contribution is 2.59. The Bertz CT molecular complexity index is 732. The van der Waals surface area contributed by atoms with Gasteiger partial charge in [-0.1, -0.05) is 60.2 Å². The van der Waals surface area contributed by atoms with E-state index >= 15 is 0 Å². The van der Waals surface area contributed by atoms with E-state index in [-0.39, 0.29) is 18.7 Å². The Morgan fingerprint density at radius 2 is 1.76 bits per heavy atom. The van der Waals surface area contributed by atoms with Gasteiger partial charge in [0, 0.05) is 5.92 Å². The quantitative estimate of drug-likeness (QED) is 0.873. The second kappa shape index (κ2) is 8.38. The average molecular weight is 340 g/mol. The van der Waals surface area contributed by atoms with Crippen LogP contribution in [0.5, 0.6) is 0 Å². The largest absolute Gasteiger partial charge is 0.481 e. The Labute approximate surface area is 146 Å². The SMILES string of the molecule is Cc1ccc([C@H]2C[C@@]2(COCc2ccccc2)C(=O)O)cc1.O=C=O. The molecule has 0 radical (unpaired) electrons. The molecule has 0 unspecified atom stereocenters. The predicted molar refractivity (Wildman–Crippen MR) is 89.7 cm³/mol. The first-order chi connectivity index (χ1) is 12.0. The molecule has 0 spiro atoms. The van der Waals surface area contributed by atoms with E-state index in [0.29, 0.717) is 13.0 Å². The van der Waals surface area contributed by atoms with Crippen LogP contribution in [0.1, 0.15) is 29.0 Å². The highest BCUT2D eigenvalue weighted by Gasteiger charge is 2.61. The molecule has 1 N–H and O–H groups in total. The number of carbonyl (C=O) groups excluding carboxylic acids is 2. The number of hydrogen-bond acceptors (Lipinski definition) is 4. The van der Waals surface area contributed by atoms with Crippen molar-refractivity contribution in [3.8, 4) is 0 Å². The fourth-order valence-electron chi connectivity index (χ4n) is 2.92. The Kier molecular flexibility index (Phi) is 6.23. The lowest BCUT2D eigenvalue weighted by atomic mass is 9.99. The first kappa shape index (κ1) is 18.6. The van der Waals surface area contributed by atoms with Crippen molar-refractivity contribution < 1.29 is 24.2 Å². The van der Waals surface area contributed by atoms with Gasteiger partial charge in [-0.05, 0) is 24.5 Å². The van der Waals surface area contributed by atoms with Gasteiger partial charge in [-0.3, -0.25) is 4.79 Å². The molecule has 130 valence electrons. The zero-order valence-electron chi connectivity index (χ0n) is 14.0. The van der Waals surface area contributed by atoms with E-state index in [4.69, 9.17) is 14.3 Å². The third-order valence-electron chi connectivity index (χ3n) is 4.45. The van der Waals surface area contributed by atoms with Gasteiger partial charge in [0.2, 0.25) is 0 Å². The monoisotopic (exact) mass is 340 g/mol. The molecule has 0 aromatic heterocycles. The number of rotatable bonds is 6. The Balaban J connectivity index is 0.000000701.